The van der Waals surface area contributed by atoms with Crippen LogP contribution in [-0.4, -0.2) is 16.1 Å². The summed E-state index contributed by atoms with van der Waals surface area (Å²) in [5.41, 5.74) is 6.69. The third kappa shape index (κ3) is 1.55. The first kappa shape index (κ1) is 9.99. The second-order valence-electron chi connectivity index (χ2n) is 3.87. The van der Waals surface area contributed by atoms with E-state index in [0.29, 0.717) is 5.92 Å². The molecule has 1 atom stereocenters. The van der Waals surface area contributed by atoms with Crippen molar-refractivity contribution in [3.05, 3.63) is 16.7 Å². The lowest BCUT2D eigenvalue weighted by Gasteiger charge is -2.22. The van der Waals surface area contributed by atoms with Gasteiger partial charge in [0, 0.05) is 13.0 Å². The average Bonchev–Trinajstić information content (AvgIpc) is 2.55. The number of hydrogen-bond acceptors (Lipinski definition) is 2. The van der Waals surface area contributed by atoms with E-state index in [1.54, 1.807) is 0 Å². The van der Waals surface area contributed by atoms with Crippen molar-refractivity contribution in [1.29, 1.82) is 0 Å². The van der Waals surface area contributed by atoms with Gasteiger partial charge in [0.2, 0.25) is 0 Å². The Morgan fingerprint density at radius 2 is 2.43 bits per heavy atom. The first-order valence-corrected chi connectivity index (χ1v) is 5.57. The molecule has 3 nitrogen and oxygen atoms in total. The Labute approximate surface area is 89.3 Å². The van der Waals surface area contributed by atoms with E-state index in [4.69, 9.17) is 17.3 Å². The van der Waals surface area contributed by atoms with Crippen molar-refractivity contribution in [2.24, 2.45) is 11.7 Å². The maximum absolute atomic E-state index is 6.20. The van der Waals surface area contributed by atoms with Gasteiger partial charge in [0.25, 0.3) is 0 Å². The second kappa shape index (κ2) is 3.91. The van der Waals surface area contributed by atoms with Gasteiger partial charge in [-0.3, -0.25) is 0 Å². The molecule has 1 unspecified atom stereocenters. The Kier molecular flexibility index (Phi) is 2.79. The molecule has 0 radical (unpaired) electrons. The van der Waals surface area contributed by atoms with Gasteiger partial charge in [-0.25, -0.2) is 4.98 Å². The molecule has 1 aliphatic heterocycles. The SMILES string of the molecule is CCc1nc2n(c1Cl)CCC(CN)C2. The molecule has 0 aliphatic carbocycles. The fourth-order valence-corrected chi connectivity index (χ4v) is 2.37. The largest absolute Gasteiger partial charge is 0.330 e. The van der Waals surface area contributed by atoms with E-state index in [9.17, 15) is 0 Å². The van der Waals surface area contributed by atoms with Crippen LogP contribution < -0.4 is 5.73 Å². The molecule has 0 bridgehead atoms. The molecular formula is C10H16ClN3. The molecule has 0 fully saturated rings. The van der Waals surface area contributed by atoms with Crippen molar-refractivity contribution >= 4 is 11.6 Å². The minimum absolute atomic E-state index is 0.589. The Hall–Kier alpha value is -0.540. The number of nitrogens with two attached hydrogens (primary N) is 1. The van der Waals surface area contributed by atoms with Gasteiger partial charge in [0.05, 0.1) is 5.69 Å². The number of rotatable bonds is 2. The summed E-state index contributed by atoms with van der Waals surface area (Å²) in [4.78, 5) is 4.54. The van der Waals surface area contributed by atoms with Gasteiger partial charge in [-0.1, -0.05) is 18.5 Å². The third-order valence-electron chi connectivity index (χ3n) is 2.95. The van der Waals surface area contributed by atoms with E-state index in [2.05, 4.69) is 16.5 Å². The summed E-state index contributed by atoms with van der Waals surface area (Å²) < 4.78 is 2.13. The topological polar surface area (TPSA) is 43.8 Å². The number of imidazole rings is 1. The summed E-state index contributed by atoms with van der Waals surface area (Å²) in [5.74, 6) is 1.71. The molecule has 2 rings (SSSR count). The maximum Gasteiger partial charge on any atom is 0.132 e. The number of fused-ring (bicyclic) bond motifs is 1. The number of aromatic nitrogens is 2. The van der Waals surface area contributed by atoms with Crippen molar-refractivity contribution in [3.63, 3.8) is 0 Å². The van der Waals surface area contributed by atoms with Gasteiger partial charge in [0.1, 0.15) is 11.0 Å². The minimum Gasteiger partial charge on any atom is -0.330 e. The lowest BCUT2D eigenvalue weighted by molar-refractivity contribution is 0.390. The summed E-state index contributed by atoms with van der Waals surface area (Å²) in [5, 5.41) is 0.831. The predicted octanol–water partition coefficient (Wildman–Crippen LogP) is 1.62. The molecule has 4 heteroatoms. The third-order valence-corrected chi connectivity index (χ3v) is 3.37. The Morgan fingerprint density at radius 3 is 3.07 bits per heavy atom. The fraction of sp³-hybridized carbons (Fsp3) is 0.700. The van der Waals surface area contributed by atoms with Crippen LogP contribution in [0.15, 0.2) is 0 Å². The quantitative estimate of drug-likeness (QED) is 0.812. The molecule has 1 aromatic rings. The van der Waals surface area contributed by atoms with Gasteiger partial charge in [-0.05, 0) is 25.3 Å². The van der Waals surface area contributed by atoms with Crippen LogP contribution in [0.3, 0.4) is 0 Å². The summed E-state index contributed by atoms with van der Waals surface area (Å²) in [6.07, 6.45) is 3.02. The molecule has 14 heavy (non-hydrogen) atoms. The molecule has 1 aliphatic rings. The van der Waals surface area contributed by atoms with Crippen LogP contribution >= 0.6 is 11.6 Å². The van der Waals surface area contributed by atoms with Crippen molar-refractivity contribution in [3.8, 4) is 0 Å². The van der Waals surface area contributed by atoms with Crippen molar-refractivity contribution < 1.29 is 0 Å². The van der Waals surface area contributed by atoms with Crippen LogP contribution in [0.4, 0.5) is 0 Å². The number of aryl methyl sites for hydroxylation is 1. The van der Waals surface area contributed by atoms with E-state index in [1.807, 2.05) is 0 Å². The molecule has 2 heterocycles. The van der Waals surface area contributed by atoms with Gasteiger partial charge >= 0.3 is 0 Å². The van der Waals surface area contributed by atoms with E-state index in [-0.39, 0.29) is 0 Å². The van der Waals surface area contributed by atoms with Crippen molar-refractivity contribution in [1.82, 2.24) is 9.55 Å². The molecule has 2 N–H and O–H groups in total. The van der Waals surface area contributed by atoms with Gasteiger partial charge in [-0.15, -0.1) is 0 Å². The lowest BCUT2D eigenvalue weighted by atomic mass is 9.98. The summed E-state index contributed by atoms with van der Waals surface area (Å²) >= 11 is 6.20. The van der Waals surface area contributed by atoms with Gasteiger partial charge in [0.15, 0.2) is 0 Å². The maximum atomic E-state index is 6.20. The first-order valence-electron chi connectivity index (χ1n) is 5.20. The zero-order chi connectivity index (χ0) is 10.1. The monoisotopic (exact) mass is 213 g/mol. The zero-order valence-corrected chi connectivity index (χ0v) is 9.22. The number of nitrogens with zero attached hydrogens (tertiary/aromatic N) is 2. The Morgan fingerprint density at radius 1 is 1.64 bits per heavy atom. The van der Waals surface area contributed by atoms with Crippen molar-refractivity contribution in [2.45, 2.75) is 32.7 Å². The molecule has 0 saturated carbocycles. The molecular weight excluding hydrogens is 198 g/mol. The molecule has 1 aromatic heterocycles. The fourth-order valence-electron chi connectivity index (χ4n) is 2.01. The van der Waals surface area contributed by atoms with E-state index < -0.39 is 0 Å². The van der Waals surface area contributed by atoms with Crippen LogP contribution in [0.1, 0.15) is 24.9 Å². The van der Waals surface area contributed by atoms with Crippen LogP contribution in [0.2, 0.25) is 5.15 Å². The van der Waals surface area contributed by atoms with Crippen LogP contribution in [0, 0.1) is 5.92 Å². The van der Waals surface area contributed by atoms with E-state index in [0.717, 1.165) is 49.0 Å². The van der Waals surface area contributed by atoms with E-state index >= 15 is 0 Å². The summed E-state index contributed by atoms with van der Waals surface area (Å²) in [7, 11) is 0. The molecule has 0 spiro atoms. The normalized spacial score (nSPS) is 20.9. The van der Waals surface area contributed by atoms with Crippen LogP contribution in [-0.2, 0) is 19.4 Å². The molecule has 0 aromatic carbocycles. The summed E-state index contributed by atoms with van der Waals surface area (Å²) in [6, 6.07) is 0. The second-order valence-corrected chi connectivity index (χ2v) is 4.22. The average molecular weight is 214 g/mol. The van der Waals surface area contributed by atoms with Gasteiger partial charge < -0.3 is 10.3 Å². The Bertz CT molecular complexity index is 332. The van der Waals surface area contributed by atoms with Crippen LogP contribution in [0.25, 0.3) is 0 Å². The predicted molar refractivity (Wildman–Crippen MR) is 57.5 cm³/mol. The zero-order valence-electron chi connectivity index (χ0n) is 8.46. The molecule has 78 valence electrons. The highest BCUT2D eigenvalue weighted by Gasteiger charge is 2.22. The summed E-state index contributed by atoms with van der Waals surface area (Å²) in [6.45, 7) is 3.82. The highest BCUT2D eigenvalue weighted by atomic mass is 35.5. The Balaban J connectivity index is 2.30. The lowest BCUT2D eigenvalue weighted by Crippen LogP contribution is -2.25. The smallest absolute Gasteiger partial charge is 0.132 e. The van der Waals surface area contributed by atoms with E-state index in [1.165, 1.54) is 0 Å². The standard InChI is InChI=1S/C10H16ClN3/c1-2-8-10(11)14-4-3-7(6-12)5-9(14)13-8/h7H,2-6,12H2,1H3. The highest BCUT2D eigenvalue weighted by molar-refractivity contribution is 6.30. The van der Waals surface area contributed by atoms with Crippen LogP contribution in [0.5, 0.6) is 0 Å². The van der Waals surface area contributed by atoms with Gasteiger partial charge in [-0.2, -0.15) is 0 Å². The first-order chi connectivity index (χ1) is 6.76. The number of halogens is 1. The number of hydrogen-bond donors (Lipinski definition) is 1. The highest BCUT2D eigenvalue weighted by Crippen LogP contribution is 2.26. The molecule has 0 saturated heterocycles. The minimum atomic E-state index is 0.589. The van der Waals surface area contributed by atoms with Crippen molar-refractivity contribution in [2.75, 3.05) is 6.54 Å². The molecule has 0 amide bonds.